The maximum Gasteiger partial charge on any atom is 0.164 e. The summed E-state index contributed by atoms with van der Waals surface area (Å²) in [5.41, 5.74) is 9.73. The summed E-state index contributed by atoms with van der Waals surface area (Å²) in [5.74, 6) is 0.501. The Morgan fingerprint density at radius 2 is 1.17 bits per heavy atom. The zero-order valence-corrected chi connectivity index (χ0v) is 28.5. The predicted molar refractivity (Wildman–Crippen MR) is 220 cm³/mol. The van der Waals surface area contributed by atoms with Gasteiger partial charge >= 0.3 is 0 Å². The lowest BCUT2D eigenvalue weighted by Gasteiger charge is -2.12. The minimum Gasteiger partial charge on any atom is -0.455 e. The maximum atomic E-state index is 9.36. The van der Waals surface area contributed by atoms with Crippen LogP contribution < -0.4 is 0 Å². The van der Waals surface area contributed by atoms with Crippen LogP contribution in [0, 0.1) is 0 Å². The highest BCUT2D eigenvalue weighted by Crippen LogP contribution is 2.45. The number of benzene rings is 8. The second-order valence-electron chi connectivity index (χ2n) is 13.3. The molecule has 2 heterocycles. The second-order valence-corrected chi connectivity index (χ2v) is 13.3. The molecule has 10 aromatic rings. The van der Waals surface area contributed by atoms with Gasteiger partial charge in [-0.15, -0.1) is 0 Å². The molecule has 1 aliphatic rings. The number of rotatable bonds is 5. The van der Waals surface area contributed by atoms with E-state index in [2.05, 4.69) is 42.5 Å². The summed E-state index contributed by atoms with van der Waals surface area (Å²) in [6, 6.07) is 36.0. The number of aromatic nitrogens is 3. The van der Waals surface area contributed by atoms with E-state index in [4.69, 9.17) is 29.0 Å². The van der Waals surface area contributed by atoms with Gasteiger partial charge in [0.1, 0.15) is 11.2 Å². The molecule has 8 aromatic carbocycles. The Morgan fingerprint density at radius 1 is 0.463 bits per heavy atom. The monoisotopic (exact) mass is 698 g/mol. The molecule has 0 N–H and O–H groups in total. The van der Waals surface area contributed by atoms with Gasteiger partial charge in [-0.05, 0) is 74.5 Å². The fourth-order valence-electron chi connectivity index (χ4n) is 7.58. The number of hydrogen-bond acceptors (Lipinski definition) is 4. The van der Waals surface area contributed by atoms with Crippen LogP contribution in [-0.4, -0.2) is 15.0 Å². The summed E-state index contributed by atoms with van der Waals surface area (Å²) >= 11 is 0. The lowest BCUT2D eigenvalue weighted by atomic mass is 9.94. The third kappa shape index (κ3) is 4.96. The minimum absolute atomic E-state index is 0.0178. The van der Waals surface area contributed by atoms with Gasteiger partial charge < -0.3 is 4.42 Å². The first-order valence-corrected chi connectivity index (χ1v) is 17.6. The molecule has 0 fully saturated rings. The maximum absolute atomic E-state index is 9.36. The van der Waals surface area contributed by atoms with Gasteiger partial charge in [-0.1, -0.05) is 158 Å². The molecule has 0 radical (unpaired) electrons. The van der Waals surface area contributed by atoms with E-state index in [9.17, 15) is 2.74 Å². The Bertz CT molecular complexity index is 3580. The first-order chi connectivity index (χ1) is 30.5. The summed E-state index contributed by atoms with van der Waals surface area (Å²) < 4.78 is 85.9. The van der Waals surface area contributed by atoms with Crippen molar-refractivity contribution in [1.29, 1.82) is 0 Å². The van der Waals surface area contributed by atoms with Gasteiger partial charge in [0, 0.05) is 32.8 Å². The normalized spacial score (nSPS) is 14.3. The molecule has 0 bridgehead atoms. The first-order valence-electron chi connectivity index (χ1n) is 22.1. The predicted octanol–water partition coefficient (Wildman–Crippen LogP) is 12.8. The van der Waals surface area contributed by atoms with E-state index in [1.54, 1.807) is 0 Å². The van der Waals surface area contributed by atoms with E-state index in [1.165, 1.54) is 11.1 Å². The van der Waals surface area contributed by atoms with Crippen molar-refractivity contribution < 1.29 is 16.8 Å². The molecule has 54 heavy (non-hydrogen) atoms. The molecule has 11 rings (SSSR count). The molecular formula is C50H31N3O. The number of furan rings is 1. The van der Waals surface area contributed by atoms with Crippen molar-refractivity contribution in [2.75, 3.05) is 0 Å². The van der Waals surface area contributed by atoms with Gasteiger partial charge in [-0.25, -0.2) is 15.0 Å². The van der Waals surface area contributed by atoms with Crippen molar-refractivity contribution in [3.8, 4) is 67.5 Å². The van der Waals surface area contributed by atoms with Gasteiger partial charge in [-0.3, -0.25) is 0 Å². The average molecular weight is 699 g/mol. The number of fused-ring (bicyclic) bond motifs is 8. The molecule has 0 spiro atoms. The third-order valence-corrected chi connectivity index (χ3v) is 10.1. The molecule has 0 saturated heterocycles. The molecule has 0 aliphatic heterocycles. The lowest BCUT2D eigenvalue weighted by molar-refractivity contribution is 0.672. The van der Waals surface area contributed by atoms with Crippen LogP contribution in [0.25, 0.3) is 100 Å². The largest absolute Gasteiger partial charge is 0.455 e. The molecule has 0 saturated carbocycles. The standard InChI is InChI=1S/C50H31N3O/c1-3-11-31(12-4-1)32-21-23-35(24-22-32)48-51-49(37-26-27-40-38(30-37)29-36-16-9-18-39(45(36)40)33-13-5-2-6-14-33)53-50(52-48)43-19-10-20-44-46(43)42-28-25-34-15-7-8-17-41(34)47(42)54-44/h1-28,30H,29H2/i7D,8D,10D,15D,17D,19D,20D,25D,28D. The Labute approximate surface area is 324 Å². The van der Waals surface area contributed by atoms with E-state index >= 15 is 0 Å². The molecule has 0 unspecified atom stereocenters. The summed E-state index contributed by atoms with van der Waals surface area (Å²) in [7, 11) is 0. The van der Waals surface area contributed by atoms with E-state index < -0.39 is 54.4 Å². The fourth-order valence-corrected chi connectivity index (χ4v) is 7.58. The minimum atomic E-state index is -0.561. The van der Waals surface area contributed by atoms with Crippen molar-refractivity contribution in [3.63, 3.8) is 0 Å². The van der Waals surface area contributed by atoms with Crippen LogP contribution in [0.15, 0.2) is 180 Å². The van der Waals surface area contributed by atoms with Crippen LogP contribution in [0.4, 0.5) is 0 Å². The molecule has 252 valence electrons. The highest BCUT2D eigenvalue weighted by atomic mass is 16.3. The second kappa shape index (κ2) is 12.2. The first kappa shape index (κ1) is 22.7. The number of hydrogen-bond donors (Lipinski definition) is 0. The summed E-state index contributed by atoms with van der Waals surface area (Å²) in [5, 5.41) is -0.378. The Hall–Kier alpha value is -7.17. The van der Waals surface area contributed by atoms with E-state index in [-0.39, 0.29) is 55.7 Å². The summed E-state index contributed by atoms with van der Waals surface area (Å²) in [6.07, 6.45) is 0.687. The smallest absolute Gasteiger partial charge is 0.164 e. The van der Waals surface area contributed by atoms with Crippen molar-refractivity contribution in [2.24, 2.45) is 0 Å². The SMILES string of the molecule is [2H]c1c([2H])c(-c2nc(-c3ccc(-c4ccccc4)cc3)nc(-c3ccc4c(c3)Cc3cccc(-c5ccccc5)c3-4)n2)c2c(oc3c4c([2H])c([2H])c([2H])c([2H])c4c([2H])c([2H])c32)c1[2H]. The molecule has 0 amide bonds. The highest BCUT2D eigenvalue weighted by Gasteiger charge is 2.24. The molecule has 4 heteroatoms. The van der Waals surface area contributed by atoms with Crippen LogP contribution in [0.5, 0.6) is 0 Å². The topological polar surface area (TPSA) is 51.8 Å². The van der Waals surface area contributed by atoms with E-state index in [1.807, 2.05) is 78.9 Å². The molecule has 2 aromatic heterocycles. The van der Waals surface area contributed by atoms with Gasteiger partial charge in [-0.2, -0.15) is 0 Å². The van der Waals surface area contributed by atoms with Crippen molar-refractivity contribution >= 4 is 32.7 Å². The van der Waals surface area contributed by atoms with Crippen LogP contribution in [0.2, 0.25) is 0 Å². The zero-order valence-electron chi connectivity index (χ0n) is 37.5. The van der Waals surface area contributed by atoms with Crippen LogP contribution in [0.1, 0.15) is 23.5 Å². The average Bonchev–Trinajstić information content (AvgIpc) is 3.90. The van der Waals surface area contributed by atoms with Crippen LogP contribution in [0.3, 0.4) is 0 Å². The van der Waals surface area contributed by atoms with E-state index in [0.717, 1.165) is 33.4 Å². The quantitative estimate of drug-likeness (QED) is 0.180. The number of nitrogens with zero attached hydrogens (tertiary/aromatic N) is 3. The van der Waals surface area contributed by atoms with Crippen molar-refractivity contribution in [2.45, 2.75) is 6.42 Å². The fraction of sp³-hybridized carbons (Fsp3) is 0.0200. The molecule has 1 aliphatic carbocycles. The Kier molecular flexibility index (Phi) is 5.13. The van der Waals surface area contributed by atoms with Gasteiger partial charge in [0.2, 0.25) is 0 Å². The lowest BCUT2D eigenvalue weighted by Crippen LogP contribution is -2.01. The van der Waals surface area contributed by atoms with Crippen LogP contribution in [-0.2, 0) is 6.42 Å². The van der Waals surface area contributed by atoms with Gasteiger partial charge in [0.05, 0.1) is 12.3 Å². The Morgan fingerprint density at radius 3 is 2.00 bits per heavy atom. The van der Waals surface area contributed by atoms with E-state index in [0.29, 0.717) is 17.5 Å². The zero-order chi connectivity index (χ0) is 43.4. The van der Waals surface area contributed by atoms with Gasteiger partial charge in [0.15, 0.2) is 17.5 Å². The van der Waals surface area contributed by atoms with Crippen molar-refractivity contribution in [1.82, 2.24) is 15.0 Å². The highest BCUT2D eigenvalue weighted by molar-refractivity contribution is 6.18. The third-order valence-electron chi connectivity index (χ3n) is 10.1. The molecule has 4 nitrogen and oxygen atoms in total. The molecular weight excluding hydrogens is 659 g/mol. The summed E-state index contributed by atoms with van der Waals surface area (Å²) in [4.78, 5) is 14.9. The Balaban J connectivity index is 1.17. The summed E-state index contributed by atoms with van der Waals surface area (Å²) in [6.45, 7) is 0. The van der Waals surface area contributed by atoms with Gasteiger partial charge in [0.25, 0.3) is 0 Å². The van der Waals surface area contributed by atoms with Crippen LogP contribution >= 0.6 is 0 Å². The molecule has 0 atom stereocenters. The van der Waals surface area contributed by atoms with Crippen molar-refractivity contribution in [3.05, 3.63) is 187 Å².